The molecule has 1 saturated carbocycles. The highest BCUT2D eigenvalue weighted by molar-refractivity contribution is 5.52. The van der Waals surface area contributed by atoms with Crippen LogP contribution in [0.25, 0.3) is 6.08 Å². The van der Waals surface area contributed by atoms with Crippen molar-refractivity contribution in [2.75, 3.05) is 0 Å². The van der Waals surface area contributed by atoms with Crippen LogP contribution in [0.3, 0.4) is 0 Å². The molecule has 1 atom stereocenters. The summed E-state index contributed by atoms with van der Waals surface area (Å²) in [6.45, 7) is 0. The summed E-state index contributed by atoms with van der Waals surface area (Å²) >= 11 is 0. The molecule has 5 heteroatoms. The Labute approximate surface area is 123 Å². The Bertz CT molecular complexity index is 689. The van der Waals surface area contributed by atoms with E-state index in [4.69, 9.17) is 0 Å². The molecule has 1 aromatic carbocycles. The van der Waals surface area contributed by atoms with E-state index < -0.39 is 4.92 Å². The standard InChI is InChI=1S/C16H17N3O2/c1-18-15(17-11-16(18)19(20)21)10-13-8-5-9-14(13)12-6-3-2-4-7-12/h2-4,6-7,10-11,14H,5,8-9H2,1H3/b13-10+. The molecule has 2 aromatic rings. The van der Waals surface area contributed by atoms with Crippen LogP contribution in [0.2, 0.25) is 0 Å². The number of imidazole rings is 1. The number of allylic oxidation sites excluding steroid dienone is 1. The Kier molecular flexibility index (Phi) is 3.56. The van der Waals surface area contributed by atoms with Crippen molar-refractivity contribution in [3.8, 4) is 0 Å². The van der Waals surface area contributed by atoms with Crippen molar-refractivity contribution in [2.45, 2.75) is 25.2 Å². The summed E-state index contributed by atoms with van der Waals surface area (Å²) in [7, 11) is 1.68. The molecule has 0 N–H and O–H groups in total. The number of nitrogens with zero attached hydrogens (tertiary/aromatic N) is 3. The molecule has 1 heterocycles. The maximum atomic E-state index is 10.9. The quantitative estimate of drug-likeness (QED) is 0.637. The fourth-order valence-corrected chi connectivity index (χ4v) is 2.99. The van der Waals surface area contributed by atoms with Crippen molar-refractivity contribution in [3.05, 3.63) is 63.6 Å². The maximum absolute atomic E-state index is 10.9. The lowest BCUT2D eigenvalue weighted by Crippen LogP contribution is -2.00. The molecular formula is C16H17N3O2. The lowest BCUT2D eigenvalue weighted by Gasteiger charge is -2.12. The van der Waals surface area contributed by atoms with Gasteiger partial charge in [0, 0.05) is 12.0 Å². The van der Waals surface area contributed by atoms with Gasteiger partial charge in [0.15, 0.2) is 0 Å². The van der Waals surface area contributed by atoms with Crippen molar-refractivity contribution >= 4 is 11.9 Å². The van der Waals surface area contributed by atoms with Gasteiger partial charge in [-0.25, -0.2) is 9.55 Å². The Morgan fingerprint density at radius 2 is 2.14 bits per heavy atom. The molecule has 0 aliphatic heterocycles. The van der Waals surface area contributed by atoms with E-state index in [-0.39, 0.29) is 5.82 Å². The van der Waals surface area contributed by atoms with Gasteiger partial charge in [0.25, 0.3) is 0 Å². The smallest absolute Gasteiger partial charge is 0.342 e. The van der Waals surface area contributed by atoms with Crippen LogP contribution in [0.4, 0.5) is 5.82 Å². The SMILES string of the molecule is Cn1c([N+](=O)[O-])cnc1/C=C1\CCCC1c1ccccc1. The average Bonchev–Trinajstić information content (AvgIpc) is 3.08. The highest BCUT2D eigenvalue weighted by Gasteiger charge is 2.24. The molecule has 0 amide bonds. The lowest BCUT2D eigenvalue weighted by atomic mass is 9.93. The summed E-state index contributed by atoms with van der Waals surface area (Å²) in [6.07, 6.45) is 6.64. The molecule has 1 aliphatic rings. The minimum absolute atomic E-state index is 0.0242. The molecular weight excluding hydrogens is 266 g/mol. The first-order chi connectivity index (χ1) is 10.2. The Morgan fingerprint density at radius 1 is 1.38 bits per heavy atom. The number of hydrogen-bond acceptors (Lipinski definition) is 3. The summed E-state index contributed by atoms with van der Waals surface area (Å²) in [4.78, 5) is 14.7. The van der Waals surface area contributed by atoms with Crippen molar-refractivity contribution in [1.29, 1.82) is 0 Å². The van der Waals surface area contributed by atoms with E-state index in [1.165, 1.54) is 21.9 Å². The van der Waals surface area contributed by atoms with Crippen LogP contribution in [0.1, 0.15) is 36.6 Å². The molecule has 0 radical (unpaired) electrons. The molecule has 108 valence electrons. The number of aromatic nitrogens is 2. The summed E-state index contributed by atoms with van der Waals surface area (Å²) in [5.74, 6) is 1.08. The molecule has 0 bridgehead atoms. The maximum Gasteiger partial charge on any atom is 0.342 e. The predicted octanol–water partition coefficient (Wildman–Crippen LogP) is 3.68. The van der Waals surface area contributed by atoms with Crippen LogP contribution in [0.15, 0.2) is 42.1 Å². The predicted molar refractivity (Wildman–Crippen MR) is 80.9 cm³/mol. The third kappa shape index (κ3) is 2.59. The van der Waals surface area contributed by atoms with Crippen LogP contribution < -0.4 is 0 Å². The normalized spacial score (nSPS) is 20.0. The van der Waals surface area contributed by atoms with Crippen LogP contribution in [0, 0.1) is 10.1 Å². The fourth-order valence-electron chi connectivity index (χ4n) is 2.99. The van der Waals surface area contributed by atoms with Gasteiger partial charge in [-0.2, -0.15) is 0 Å². The van der Waals surface area contributed by atoms with Gasteiger partial charge in [-0.05, 0) is 29.7 Å². The van der Waals surface area contributed by atoms with Gasteiger partial charge in [-0.3, -0.25) is 0 Å². The number of hydrogen-bond donors (Lipinski definition) is 0. The first-order valence-corrected chi connectivity index (χ1v) is 7.08. The van der Waals surface area contributed by atoms with Crippen molar-refractivity contribution in [3.63, 3.8) is 0 Å². The number of nitro groups is 1. The third-order valence-electron chi connectivity index (χ3n) is 4.11. The largest absolute Gasteiger partial charge is 0.358 e. The second-order valence-corrected chi connectivity index (χ2v) is 5.37. The van der Waals surface area contributed by atoms with Crippen LogP contribution in [-0.4, -0.2) is 14.5 Å². The Balaban J connectivity index is 1.94. The third-order valence-corrected chi connectivity index (χ3v) is 4.11. The van der Waals surface area contributed by atoms with E-state index in [0.29, 0.717) is 11.7 Å². The summed E-state index contributed by atoms with van der Waals surface area (Å²) in [5, 5.41) is 10.9. The number of rotatable bonds is 3. The van der Waals surface area contributed by atoms with Crippen LogP contribution in [-0.2, 0) is 7.05 Å². The highest BCUT2D eigenvalue weighted by Crippen LogP contribution is 2.40. The molecule has 21 heavy (non-hydrogen) atoms. The van der Waals surface area contributed by atoms with E-state index in [0.717, 1.165) is 19.3 Å². The van der Waals surface area contributed by atoms with E-state index in [9.17, 15) is 10.1 Å². The molecule has 1 aliphatic carbocycles. The van der Waals surface area contributed by atoms with Gasteiger partial charge >= 0.3 is 5.82 Å². The first-order valence-electron chi connectivity index (χ1n) is 7.08. The molecule has 1 unspecified atom stereocenters. The fraction of sp³-hybridized carbons (Fsp3) is 0.312. The zero-order valence-electron chi connectivity index (χ0n) is 11.9. The van der Waals surface area contributed by atoms with E-state index in [1.54, 1.807) is 7.05 Å². The molecule has 1 fully saturated rings. The van der Waals surface area contributed by atoms with Gasteiger partial charge in [-0.1, -0.05) is 35.9 Å². The van der Waals surface area contributed by atoms with E-state index in [1.807, 2.05) is 12.1 Å². The van der Waals surface area contributed by atoms with Gasteiger partial charge in [0.05, 0.1) is 7.05 Å². The van der Waals surface area contributed by atoms with Crippen LogP contribution >= 0.6 is 0 Å². The van der Waals surface area contributed by atoms with E-state index in [2.05, 4.69) is 29.2 Å². The average molecular weight is 283 g/mol. The second-order valence-electron chi connectivity index (χ2n) is 5.37. The second kappa shape index (κ2) is 5.52. The van der Waals surface area contributed by atoms with Gasteiger partial charge in [0.2, 0.25) is 5.82 Å². The van der Waals surface area contributed by atoms with Gasteiger partial charge < -0.3 is 10.1 Å². The monoisotopic (exact) mass is 283 g/mol. The lowest BCUT2D eigenvalue weighted by molar-refractivity contribution is -0.391. The molecule has 3 rings (SSSR count). The highest BCUT2D eigenvalue weighted by atomic mass is 16.6. The molecule has 0 spiro atoms. The van der Waals surface area contributed by atoms with Gasteiger partial charge in [0.1, 0.15) is 6.20 Å². The van der Waals surface area contributed by atoms with Crippen molar-refractivity contribution in [2.24, 2.45) is 7.05 Å². The Morgan fingerprint density at radius 3 is 2.81 bits per heavy atom. The summed E-state index contributed by atoms with van der Waals surface area (Å²) in [6, 6.07) is 10.4. The topological polar surface area (TPSA) is 61.0 Å². The zero-order valence-corrected chi connectivity index (χ0v) is 11.9. The minimum atomic E-state index is -0.404. The van der Waals surface area contributed by atoms with E-state index >= 15 is 0 Å². The van der Waals surface area contributed by atoms with Crippen molar-refractivity contribution < 1.29 is 4.92 Å². The Hall–Kier alpha value is -2.43. The van der Waals surface area contributed by atoms with Crippen molar-refractivity contribution in [1.82, 2.24) is 9.55 Å². The first kappa shape index (κ1) is 13.5. The van der Waals surface area contributed by atoms with Crippen LogP contribution in [0.5, 0.6) is 0 Å². The molecule has 5 nitrogen and oxygen atoms in total. The zero-order chi connectivity index (χ0) is 14.8. The summed E-state index contributed by atoms with van der Waals surface area (Å²) in [5.41, 5.74) is 2.62. The van der Waals surface area contributed by atoms with Gasteiger partial charge in [-0.15, -0.1) is 0 Å². The molecule has 1 aromatic heterocycles. The summed E-state index contributed by atoms with van der Waals surface area (Å²) < 4.78 is 1.54. The number of benzene rings is 1. The molecule has 0 saturated heterocycles. The minimum Gasteiger partial charge on any atom is -0.358 e.